The number of aliphatic imine (C=N–C) groups is 1. The molecule has 4 aliphatic heterocycles. The van der Waals surface area contributed by atoms with E-state index in [9.17, 15) is 24.6 Å². The molecule has 0 bridgehead atoms. The van der Waals surface area contributed by atoms with Gasteiger partial charge in [0, 0.05) is 18.4 Å². The molecule has 3 amide bonds. The van der Waals surface area contributed by atoms with Crippen LogP contribution >= 0.6 is 0 Å². The van der Waals surface area contributed by atoms with Crippen LogP contribution in [0.25, 0.3) is 11.1 Å². The first-order chi connectivity index (χ1) is 19.1. The molecule has 2 aromatic carbocycles. The summed E-state index contributed by atoms with van der Waals surface area (Å²) in [5, 5.41) is 29.2. The predicted octanol–water partition coefficient (Wildman–Crippen LogP) is -3.74. The van der Waals surface area contributed by atoms with Gasteiger partial charge in [0.25, 0.3) is 11.6 Å². The van der Waals surface area contributed by atoms with E-state index in [1.165, 1.54) is 4.90 Å². The molecule has 1 spiro atoms. The molecule has 4 heterocycles. The summed E-state index contributed by atoms with van der Waals surface area (Å²) in [5.74, 6) is -3.72. The Morgan fingerprint density at radius 2 is 1.82 bits per heavy atom. The largest absolute Gasteiger partial charge is 0.370 e. The maximum Gasteiger partial charge on any atom is 0.343 e. The van der Waals surface area contributed by atoms with Crippen LogP contribution in [0.5, 0.6) is 0 Å². The molecule has 0 saturated carbocycles. The van der Waals surface area contributed by atoms with Gasteiger partial charge in [-0.15, -0.1) is 0 Å². The van der Waals surface area contributed by atoms with Gasteiger partial charge in [-0.05, 0) is 34.7 Å². The molecule has 2 saturated heterocycles. The molecule has 1 aliphatic carbocycles. The van der Waals surface area contributed by atoms with Crippen molar-refractivity contribution < 1.29 is 29.6 Å². The average Bonchev–Trinajstić information content (AvgIpc) is 3.63. The van der Waals surface area contributed by atoms with Crippen LogP contribution in [0.3, 0.4) is 0 Å². The number of hydrogen-bond acceptors (Lipinski definition) is 10. The van der Waals surface area contributed by atoms with E-state index >= 15 is 0 Å². The molecule has 7 rings (SSSR count). The van der Waals surface area contributed by atoms with Crippen molar-refractivity contribution in [2.24, 2.45) is 16.5 Å². The number of nitrogens with one attached hydrogen (secondary N) is 3. The smallest absolute Gasteiger partial charge is 0.343 e. The van der Waals surface area contributed by atoms with Crippen molar-refractivity contribution in [1.29, 1.82) is 0 Å². The third-order valence-corrected chi connectivity index (χ3v) is 8.78. The maximum atomic E-state index is 13.7. The normalized spacial score (nSPS) is 29.3. The van der Waals surface area contributed by atoms with Gasteiger partial charge in [-0.1, -0.05) is 36.4 Å². The number of benzene rings is 2. The van der Waals surface area contributed by atoms with E-state index < -0.39 is 35.5 Å². The third kappa shape index (κ3) is 3.18. The Balaban J connectivity index is 1.21. The Morgan fingerprint density at radius 1 is 1.10 bits per heavy atom. The van der Waals surface area contributed by atoms with Crippen molar-refractivity contribution in [3.05, 3.63) is 59.2 Å². The topological polar surface area (TPSA) is 201 Å². The molecule has 9 N–H and O–H groups in total. The lowest BCUT2D eigenvalue weighted by atomic mass is 9.84. The van der Waals surface area contributed by atoms with Gasteiger partial charge in [-0.25, -0.2) is 10.3 Å². The predicted molar refractivity (Wildman–Crippen MR) is 141 cm³/mol. The van der Waals surface area contributed by atoms with Crippen LogP contribution in [-0.2, 0) is 16.0 Å². The fourth-order valence-electron chi connectivity index (χ4n) is 6.95. The second-order valence-electron chi connectivity index (χ2n) is 10.9. The van der Waals surface area contributed by atoms with Crippen LogP contribution in [0.4, 0.5) is 0 Å². The molecule has 2 aromatic rings. The fraction of sp³-hybridized carbons (Fsp3) is 0.370. The number of hydrogen-bond donors (Lipinski definition) is 7. The van der Waals surface area contributed by atoms with E-state index in [4.69, 9.17) is 11.5 Å². The standard InChI is InChI=1S/C27H28N8O5/c28-24-32-22-17(11-34-19(36)8-9-20(34)37)30-25(29)35-12-18(27(39,40)26(22,35)33-24)31-23(38)16-7-3-5-14-10-13-4-1-2-6-15(13)21(14)16/h1-7,17-18,22,39-40H,8-12H2,(H2,29,30)(H,31,38)(H3,28,32,33)/p+1/t17-,18-,22-,26-/m0/s1. The average molecular weight is 546 g/mol. The van der Waals surface area contributed by atoms with E-state index in [1.807, 2.05) is 36.4 Å². The molecule has 0 radical (unpaired) electrons. The molecule has 206 valence electrons. The zero-order chi connectivity index (χ0) is 28.0. The minimum absolute atomic E-state index is 0.0388. The number of imide groups is 1. The van der Waals surface area contributed by atoms with Gasteiger partial charge in [0.05, 0.1) is 13.1 Å². The lowest BCUT2D eigenvalue weighted by molar-refractivity contribution is -0.521. The van der Waals surface area contributed by atoms with Crippen LogP contribution in [0.15, 0.2) is 47.5 Å². The Morgan fingerprint density at radius 3 is 2.60 bits per heavy atom. The van der Waals surface area contributed by atoms with E-state index in [0.717, 1.165) is 27.2 Å². The van der Waals surface area contributed by atoms with Crippen molar-refractivity contribution in [2.45, 2.75) is 48.8 Å². The number of nitrogens with two attached hydrogens (primary N) is 2. The van der Waals surface area contributed by atoms with Gasteiger partial charge in [-0.3, -0.25) is 34.9 Å². The third-order valence-electron chi connectivity index (χ3n) is 8.78. The highest BCUT2D eigenvalue weighted by Crippen LogP contribution is 2.42. The summed E-state index contributed by atoms with van der Waals surface area (Å²) in [6.07, 6.45) is 0.927. The molecule has 2 fully saturated rings. The Bertz CT molecular complexity index is 1540. The summed E-state index contributed by atoms with van der Waals surface area (Å²) in [5.41, 5.74) is 15.1. The van der Waals surface area contributed by atoms with Crippen LogP contribution < -0.4 is 27.1 Å². The quantitative estimate of drug-likeness (QED) is 0.127. The summed E-state index contributed by atoms with van der Waals surface area (Å²) in [6.45, 7) is -0.199. The van der Waals surface area contributed by atoms with Gasteiger partial charge in [0.2, 0.25) is 17.6 Å². The second kappa shape index (κ2) is 8.26. The Labute approximate surface area is 228 Å². The second-order valence-corrected chi connectivity index (χ2v) is 10.9. The molecule has 40 heavy (non-hydrogen) atoms. The van der Waals surface area contributed by atoms with E-state index in [0.29, 0.717) is 12.0 Å². The summed E-state index contributed by atoms with van der Waals surface area (Å²) in [7, 11) is 0. The number of likely N-dealkylation sites (tertiary alicyclic amines) is 1. The molecule has 13 nitrogen and oxygen atoms in total. The van der Waals surface area contributed by atoms with Gasteiger partial charge in [-0.2, -0.15) is 0 Å². The Kier molecular flexibility index (Phi) is 5.07. The number of aliphatic hydroxyl groups is 2. The first kappa shape index (κ1) is 24.5. The van der Waals surface area contributed by atoms with Crippen molar-refractivity contribution in [3.8, 4) is 11.1 Å². The molecule has 0 unspecified atom stereocenters. The number of carbonyl (C=O) groups excluding carboxylic acids is 3. The summed E-state index contributed by atoms with van der Waals surface area (Å²) < 4.78 is 0. The maximum absolute atomic E-state index is 13.7. The fourth-order valence-corrected chi connectivity index (χ4v) is 6.95. The lowest BCUT2D eigenvalue weighted by Gasteiger charge is -2.46. The highest BCUT2D eigenvalue weighted by molar-refractivity contribution is 6.04. The summed E-state index contributed by atoms with van der Waals surface area (Å²) in [4.78, 5) is 48.4. The zero-order valence-electron chi connectivity index (χ0n) is 21.4. The minimum Gasteiger partial charge on any atom is -0.370 e. The van der Waals surface area contributed by atoms with Crippen molar-refractivity contribution in [3.63, 3.8) is 0 Å². The SMILES string of the molecule is NC1=N[C@@H](CN2C(=O)CCC2=O)[C@@H]2[NH+]=C(N)N[C@]23N1C[C@H](NC(=O)c1cccc2c1-c1ccccc1C2)C3(O)O. The summed E-state index contributed by atoms with van der Waals surface area (Å²) >= 11 is 0. The highest BCUT2D eigenvalue weighted by Gasteiger charge is 2.76. The first-order valence-corrected chi connectivity index (χ1v) is 13.2. The number of nitrogens with zero attached hydrogens (tertiary/aromatic N) is 3. The number of guanidine groups is 2. The summed E-state index contributed by atoms with van der Waals surface area (Å²) in [6, 6.07) is 10.4. The van der Waals surface area contributed by atoms with Gasteiger partial charge in [0.1, 0.15) is 12.1 Å². The molecule has 5 aliphatic rings. The molecular formula is C27H29N8O5+. The van der Waals surface area contributed by atoms with Crippen LogP contribution in [-0.4, -0.2) is 92.3 Å². The zero-order valence-corrected chi connectivity index (χ0v) is 21.4. The number of rotatable bonds is 4. The number of carbonyl (C=O) groups is 3. The minimum atomic E-state index is -2.60. The Hall–Kier alpha value is -4.49. The van der Waals surface area contributed by atoms with Crippen LogP contribution in [0.2, 0.25) is 0 Å². The van der Waals surface area contributed by atoms with Gasteiger partial charge in [0.15, 0.2) is 12.0 Å². The van der Waals surface area contributed by atoms with Crippen molar-refractivity contribution >= 4 is 29.6 Å². The molecule has 13 heteroatoms. The van der Waals surface area contributed by atoms with Crippen LogP contribution in [0, 0.1) is 0 Å². The van der Waals surface area contributed by atoms with E-state index in [1.54, 1.807) is 6.07 Å². The number of amides is 3. The van der Waals surface area contributed by atoms with Gasteiger partial charge >= 0.3 is 5.96 Å². The van der Waals surface area contributed by atoms with Gasteiger partial charge < -0.3 is 21.3 Å². The van der Waals surface area contributed by atoms with Crippen LogP contribution in [0.1, 0.15) is 34.3 Å². The molecule has 0 aromatic heterocycles. The number of fused-ring (bicyclic) bond motifs is 3. The molecular weight excluding hydrogens is 516 g/mol. The van der Waals surface area contributed by atoms with E-state index in [2.05, 4.69) is 20.6 Å². The van der Waals surface area contributed by atoms with Crippen molar-refractivity contribution in [1.82, 2.24) is 20.4 Å². The highest BCUT2D eigenvalue weighted by atomic mass is 16.5. The van der Waals surface area contributed by atoms with E-state index in [-0.39, 0.29) is 49.7 Å². The monoisotopic (exact) mass is 545 g/mol. The van der Waals surface area contributed by atoms with Crippen molar-refractivity contribution in [2.75, 3.05) is 13.1 Å². The lowest BCUT2D eigenvalue weighted by Crippen LogP contribution is -2.90. The first-order valence-electron chi connectivity index (χ1n) is 13.2. The molecule has 4 atom stereocenters.